The molecular weight excluding hydrogens is 220 g/mol. The summed E-state index contributed by atoms with van der Waals surface area (Å²) in [5, 5.41) is 10.7. The molecule has 1 saturated heterocycles. The van der Waals surface area contributed by atoms with Gasteiger partial charge in [-0.15, -0.1) is 0 Å². The van der Waals surface area contributed by atoms with Gasteiger partial charge in [0, 0.05) is 32.7 Å². The van der Waals surface area contributed by atoms with Gasteiger partial charge in [0.2, 0.25) is 6.79 Å². The van der Waals surface area contributed by atoms with Crippen molar-refractivity contribution in [3.8, 4) is 11.5 Å². The number of ether oxygens (including phenoxy) is 2. The van der Waals surface area contributed by atoms with E-state index in [0.29, 0.717) is 19.9 Å². The molecule has 0 saturated carbocycles. The monoisotopic (exact) mass is 236 g/mol. The number of hydrogen-bond donors (Lipinski definition) is 1. The quantitative estimate of drug-likeness (QED) is 0.827. The molecule has 5 nitrogen and oxygen atoms in total. The van der Waals surface area contributed by atoms with Gasteiger partial charge in [-0.3, -0.25) is 4.90 Å². The van der Waals surface area contributed by atoms with Gasteiger partial charge in [-0.2, -0.15) is 5.06 Å². The van der Waals surface area contributed by atoms with Gasteiger partial charge in [-0.1, -0.05) is 6.07 Å². The van der Waals surface area contributed by atoms with Crippen molar-refractivity contribution < 1.29 is 14.7 Å². The molecule has 2 aliphatic heterocycles. The van der Waals surface area contributed by atoms with Crippen LogP contribution in [0.3, 0.4) is 0 Å². The predicted octanol–water partition coefficient (Wildman–Crippen LogP) is 0.922. The molecule has 1 aromatic rings. The number of benzene rings is 1. The lowest BCUT2D eigenvalue weighted by molar-refractivity contribution is -0.118. The SMILES string of the molecule is ON1CCN(Cc2ccc3c(c2)OCO3)CC1. The average Bonchev–Trinajstić information content (AvgIpc) is 2.79. The molecule has 1 aromatic carbocycles. The van der Waals surface area contributed by atoms with E-state index in [1.807, 2.05) is 12.1 Å². The molecule has 3 rings (SSSR count). The highest BCUT2D eigenvalue weighted by Crippen LogP contribution is 2.32. The van der Waals surface area contributed by atoms with Crippen molar-refractivity contribution >= 4 is 0 Å². The maximum atomic E-state index is 9.29. The fourth-order valence-corrected chi connectivity index (χ4v) is 2.19. The van der Waals surface area contributed by atoms with Crippen LogP contribution >= 0.6 is 0 Å². The second kappa shape index (κ2) is 4.52. The van der Waals surface area contributed by atoms with Gasteiger partial charge in [0.05, 0.1) is 0 Å². The summed E-state index contributed by atoms with van der Waals surface area (Å²) < 4.78 is 10.6. The number of piperazine rings is 1. The Hall–Kier alpha value is -1.30. The summed E-state index contributed by atoms with van der Waals surface area (Å²) in [5.74, 6) is 1.66. The summed E-state index contributed by atoms with van der Waals surface area (Å²) in [5.41, 5.74) is 1.22. The number of fused-ring (bicyclic) bond motifs is 1. The van der Waals surface area contributed by atoms with Gasteiger partial charge in [-0.05, 0) is 17.7 Å². The molecule has 1 N–H and O–H groups in total. The molecule has 1 fully saturated rings. The molecule has 0 unspecified atom stereocenters. The Balaban J connectivity index is 1.65. The summed E-state index contributed by atoms with van der Waals surface area (Å²) in [6.07, 6.45) is 0. The topological polar surface area (TPSA) is 45.2 Å². The minimum absolute atomic E-state index is 0.321. The fraction of sp³-hybridized carbons (Fsp3) is 0.500. The zero-order chi connectivity index (χ0) is 11.7. The average molecular weight is 236 g/mol. The van der Waals surface area contributed by atoms with E-state index in [1.54, 1.807) is 0 Å². The Morgan fingerprint density at radius 1 is 1.06 bits per heavy atom. The van der Waals surface area contributed by atoms with Gasteiger partial charge >= 0.3 is 0 Å². The van der Waals surface area contributed by atoms with Crippen LogP contribution in [0.1, 0.15) is 5.56 Å². The second-order valence-electron chi connectivity index (χ2n) is 4.42. The van der Waals surface area contributed by atoms with Gasteiger partial charge in [0.15, 0.2) is 11.5 Å². The van der Waals surface area contributed by atoms with Crippen LogP contribution in [-0.4, -0.2) is 48.1 Å². The van der Waals surface area contributed by atoms with E-state index in [4.69, 9.17) is 9.47 Å². The molecule has 92 valence electrons. The molecule has 0 amide bonds. The van der Waals surface area contributed by atoms with Gasteiger partial charge < -0.3 is 14.7 Å². The molecule has 2 heterocycles. The molecule has 0 atom stereocenters. The van der Waals surface area contributed by atoms with Crippen molar-refractivity contribution in [2.75, 3.05) is 33.0 Å². The first kappa shape index (κ1) is 10.8. The maximum absolute atomic E-state index is 9.29. The summed E-state index contributed by atoms with van der Waals surface area (Å²) in [4.78, 5) is 2.32. The van der Waals surface area contributed by atoms with Crippen LogP contribution in [0.2, 0.25) is 0 Å². The fourth-order valence-electron chi connectivity index (χ4n) is 2.19. The van der Waals surface area contributed by atoms with E-state index >= 15 is 0 Å². The van der Waals surface area contributed by atoms with E-state index in [9.17, 15) is 5.21 Å². The van der Waals surface area contributed by atoms with E-state index in [2.05, 4.69) is 11.0 Å². The van der Waals surface area contributed by atoms with E-state index in [1.165, 1.54) is 10.6 Å². The first-order valence-corrected chi connectivity index (χ1v) is 5.86. The zero-order valence-corrected chi connectivity index (χ0v) is 9.63. The number of rotatable bonds is 2. The summed E-state index contributed by atoms with van der Waals surface area (Å²) in [7, 11) is 0. The third-order valence-electron chi connectivity index (χ3n) is 3.19. The van der Waals surface area contributed by atoms with Crippen LogP contribution in [0, 0.1) is 0 Å². The van der Waals surface area contributed by atoms with Crippen molar-refractivity contribution in [1.82, 2.24) is 9.96 Å². The van der Waals surface area contributed by atoms with Crippen molar-refractivity contribution in [3.05, 3.63) is 23.8 Å². The summed E-state index contributed by atoms with van der Waals surface area (Å²) in [6, 6.07) is 6.06. The van der Waals surface area contributed by atoms with Gasteiger partial charge in [0.25, 0.3) is 0 Å². The highest BCUT2D eigenvalue weighted by Gasteiger charge is 2.17. The minimum Gasteiger partial charge on any atom is -0.454 e. The Morgan fingerprint density at radius 3 is 2.65 bits per heavy atom. The smallest absolute Gasteiger partial charge is 0.231 e. The molecule has 0 spiro atoms. The Morgan fingerprint density at radius 2 is 1.82 bits per heavy atom. The Kier molecular flexibility index (Phi) is 2.88. The van der Waals surface area contributed by atoms with Crippen molar-refractivity contribution in [1.29, 1.82) is 0 Å². The van der Waals surface area contributed by atoms with Crippen LogP contribution in [-0.2, 0) is 6.54 Å². The predicted molar refractivity (Wildman–Crippen MR) is 61.2 cm³/mol. The van der Waals surface area contributed by atoms with Crippen molar-refractivity contribution in [3.63, 3.8) is 0 Å². The molecule has 17 heavy (non-hydrogen) atoms. The molecule has 5 heteroatoms. The van der Waals surface area contributed by atoms with E-state index in [0.717, 1.165) is 31.1 Å². The molecule has 0 aromatic heterocycles. The van der Waals surface area contributed by atoms with Crippen LogP contribution in [0.4, 0.5) is 0 Å². The first-order chi connectivity index (χ1) is 8.31. The lowest BCUT2D eigenvalue weighted by atomic mass is 10.2. The van der Waals surface area contributed by atoms with Crippen LogP contribution in [0.15, 0.2) is 18.2 Å². The highest BCUT2D eigenvalue weighted by atomic mass is 16.7. The van der Waals surface area contributed by atoms with Gasteiger partial charge in [0.1, 0.15) is 0 Å². The number of hydrogen-bond acceptors (Lipinski definition) is 5. The van der Waals surface area contributed by atoms with E-state index < -0.39 is 0 Å². The van der Waals surface area contributed by atoms with Crippen molar-refractivity contribution in [2.45, 2.75) is 6.54 Å². The molecular formula is C12H16N2O3. The van der Waals surface area contributed by atoms with Crippen LogP contribution in [0.25, 0.3) is 0 Å². The van der Waals surface area contributed by atoms with E-state index in [-0.39, 0.29) is 0 Å². The lowest BCUT2D eigenvalue weighted by Crippen LogP contribution is -2.44. The van der Waals surface area contributed by atoms with Gasteiger partial charge in [-0.25, -0.2) is 0 Å². The molecule has 0 radical (unpaired) electrons. The maximum Gasteiger partial charge on any atom is 0.231 e. The Labute approximate surface area is 100 Å². The first-order valence-electron chi connectivity index (χ1n) is 5.86. The minimum atomic E-state index is 0.321. The number of hydroxylamine groups is 2. The Bertz CT molecular complexity index is 403. The molecule has 0 aliphatic carbocycles. The lowest BCUT2D eigenvalue weighted by Gasteiger charge is -2.31. The standard InChI is InChI=1S/C12H16N2O3/c15-14-5-3-13(4-6-14)8-10-1-2-11-12(7-10)17-9-16-11/h1-2,7,15H,3-6,8-9H2. The highest BCUT2D eigenvalue weighted by molar-refractivity contribution is 5.44. The zero-order valence-electron chi connectivity index (χ0n) is 9.63. The third-order valence-corrected chi connectivity index (χ3v) is 3.19. The van der Waals surface area contributed by atoms with Crippen LogP contribution in [0.5, 0.6) is 11.5 Å². The molecule has 2 aliphatic rings. The molecule has 0 bridgehead atoms. The third kappa shape index (κ3) is 2.36. The second-order valence-corrected chi connectivity index (χ2v) is 4.42. The number of nitrogens with zero attached hydrogens (tertiary/aromatic N) is 2. The van der Waals surface area contributed by atoms with Crippen molar-refractivity contribution in [2.24, 2.45) is 0 Å². The normalized spacial score (nSPS) is 20.8. The largest absolute Gasteiger partial charge is 0.454 e. The summed E-state index contributed by atoms with van der Waals surface area (Å²) >= 11 is 0. The van der Waals surface area contributed by atoms with Crippen LogP contribution < -0.4 is 9.47 Å². The summed E-state index contributed by atoms with van der Waals surface area (Å²) in [6.45, 7) is 4.43.